The van der Waals surface area contributed by atoms with Crippen LogP contribution in [-0.2, 0) is 43.1 Å². The summed E-state index contributed by atoms with van der Waals surface area (Å²) in [5.74, 6) is -0.489. The number of nitrogens with zero attached hydrogens (tertiary/aromatic N) is 3. The zero-order valence-corrected chi connectivity index (χ0v) is 37.2. The summed E-state index contributed by atoms with van der Waals surface area (Å²) < 4.78 is 12.1. The molecule has 0 fully saturated rings. The van der Waals surface area contributed by atoms with Crippen molar-refractivity contribution >= 4 is 28.3 Å². The molecule has 2 N–H and O–H groups in total. The summed E-state index contributed by atoms with van der Waals surface area (Å²) in [7, 11) is 4.08. The second-order valence-electron chi connectivity index (χ2n) is 16.0. The SMILES string of the molecule is CCCCC(C(=O)N(O[SiH3])[C@@H](CCc1ccccc1)C[C@@H](Cc1ccccc1)C(=O)N[C@@H](CC(C)C)c1ncc[nH]1)(C(C)CC(=O)OCc1ccccc1)N(C)C. The van der Waals surface area contributed by atoms with E-state index in [0.717, 1.165) is 41.8 Å². The molecule has 1 aromatic heterocycles. The predicted octanol–water partition coefficient (Wildman–Crippen LogP) is 7.16. The summed E-state index contributed by atoms with van der Waals surface area (Å²) in [5, 5.41) is 4.93. The lowest BCUT2D eigenvalue weighted by Gasteiger charge is -2.47. The van der Waals surface area contributed by atoms with Gasteiger partial charge in [0.05, 0.1) is 18.5 Å². The van der Waals surface area contributed by atoms with Crippen molar-refractivity contribution in [2.24, 2.45) is 17.8 Å². The average Bonchev–Trinajstić information content (AvgIpc) is 3.75. The third-order valence-corrected chi connectivity index (χ3v) is 11.5. The summed E-state index contributed by atoms with van der Waals surface area (Å²) in [6, 6.07) is 29.1. The van der Waals surface area contributed by atoms with Crippen LogP contribution in [0.4, 0.5) is 0 Å². The van der Waals surface area contributed by atoms with Crippen molar-refractivity contribution < 1.29 is 23.6 Å². The van der Waals surface area contributed by atoms with Gasteiger partial charge >= 0.3 is 5.97 Å². The van der Waals surface area contributed by atoms with E-state index in [0.29, 0.717) is 38.0 Å². The summed E-state index contributed by atoms with van der Waals surface area (Å²) in [6.45, 7) is 8.51. The number of rotatable bonds is 24. The van der Waals surface area contributed by atoms with E-state index in [1.54, 1.807) is 17.5 Å². The third kappa shape index (κ3) is 13.2. The fraction of sp³-hybridized carbons (Fsp3) is 0.478. The highest BCUT2D eigenvalue weighted by molar-refractivity contribution is 5.99. The Kier molecular flexibility index (Phi) is 18.2. The highest BCUT2D eigenvalue weighted by Gasteiger charge is 2.50. The van der Waals surface area contributed by atoms with E-state index in [2.05, 4.69) is 48.2 Å². The second-order valence-corrected chi connectivity index (χ2v) is 16.3. The quantitative estimate of drug-likeness (QED) is 0.0439. The number of nitrogens with one attached hydrogen (secondary N) is 2. The van der Waals surface area contributed by atoms with Gasteiger partial charge in [0.1, 0.15) is 18.0 Å². The van der Waals surface area contributed by atoms with Crippen LogP contribution in [0.15, 0.2) is 103 Å². The van der Waals surface area contributed by atoms with Gasteiger partial charge in [-0.3, -0.25) is 19.3 Å². The first-order valence-electron chi connectivity index (χ1n) is 20.6. The van der Waals surface area contributed by atoms with E-state index >= 15 is 4.79 Å². The predicted molar refractivity (Wildman–Crippen MR) is 230 cm³/mol. The summed E-state index contributed by atoms with van der Waals surface area (Å²) in [5.41, 5.74) is 2.01. The van der Waals surface area contributed by atoms with Gasteiger partial charge in [0.2, 0.25) is 5.91 Å². The lowest BCUT2D eigenvalue weighted by molar-refractivity contribution is -0.185. The van der Waals surface area contributed by atoms with Crippen LogP contribution in [0.3, 0.4) is 0 Å². The van der Waals surface area contributed by atoms with E-state index in [1.165, 1.54) is 0 Å². The Morgan fingerprint density at radius 2 is 1.49 bits per heavy atom. The van der Waals surface area contributed by atoms with E-state index in [9.17, 15) is 9.59 Å². The maximum Gasteiger partial charge on any atom is 0.306 e. The molecule has 0 radical (unpaired) electrons. The number of likely N-dealkylation sites (N-methyl/N-ethyl adjacent to an activating group) is 1. The van der Waals surface area contributed by atoms with Gasteiger partial charge < -0.3 is 19.6 Å². The number of H-pyrrole nitrogens is 1. The van der Waals surface area contributed by atoms with E-state index in [4.69, 9.17) is 9.26 Å². The molecule has 10 nitrogen and oxygen atoms in total. The fourth-order valence-electron chi connectivity index (χ4n) is 7.96. The number of imidazole rings is 1. The topological polar surface area (TPSA) is 117 Å². The molecule has 2 unspecified atom stereocenters. The van der Waals surface area contributed by atoms with E-state index in [1.807, 2.05) is 105 Å². The average molecular weight is 796 g/mol. The first kappa shape index (κ1) is 45.1. The number of benzene rings is 3. The molecule has 0 bridgehead atoms. The van der Waals surface area contributed by atoms with Crippen LogP contribution in [0.2, 0.25) is 0 Å². The Labute approximate surface area is 343 Å². The molecule has 1 heterocycles. The molecule has 0 aliphatic rings. The Bertz CT molecular complexity index is 1760. The van der Waals surface area contributed by atoms with Crippen molar-refractivity contribution in [2.75, 3.05) is 14.1 Å². The molecule has 0 saturated carbocycles. The molecule has 11 heteroatoms. The molecule has 0 aliphatic heterocycles. The van der Waals surface area contributed by atoms with Crippen LogP contribution in [0.1, 0.15) is 101 Å². The third-order valence-electron chi connectivity index (χ3n) is 11.1. The van der Waals surface area contributed by atoms with Crippen LogP contribution in [-0.4, -0.2) is 73.9 Å². The molecule has 0 saturated heterocycles. The summed E-state index contributed by atoms with van der Waals surface area (Å²) in [6.07, 6.45) is 8.58. The number of ether oxygens (including phenoxy) is 1. The van der Waals surface area contributed by atoms with Gasteiger partial charge in [0.15, 0.2) is 10.5 Å². The first-order valence-corrected chi connectivity index (χ1v) is 21.4. The largest absolute Gasteiger partial charge is 0.461 e. The number of carbonyl (C=O) groups excluding carboxylic acids is 3. The maximum atomic E-state index is 15.5. The minimum Gasteiger partial charge on any atom is -0.461 e. The van der Waals surface area contributed by atoms with Crippen LogP contribution >= 0.6 is 0 Å². The van der Waals surface area contributed by atoms with Crippen molar-refractivity contribution in [3.05, 3.63) is 126 Å². The van der Waals surface area contributed by atoms with E-state index < -0.39 is 23.4 Å². The molecule has 2 amide bonds. The molecule has 57 heavy (non-hydrogen) atoms. The highest BCUT2D eigenvalue weighted by atomic mass is 28.2. The number of aryl methyl sites for hydroxylation is 1. The van der Waals surface area contributed by atoms with Crippen LogP contribution in [0.5, 0.6) is 0 Å². The number of aromatic amines is 1. The van der Waals surface area contributed by atoms with Crippen LogP contribution < -0.4 is 5.32 Å². The van der Waals surface area contributed by atoms with Gasteiger partial charge in [-0.15, -0.1) is 0 Å². The number of esters is 1. The van der Waals surface area contributed by atoms with Crippen molar-refractivity contribution in [3.8, 4) is 0 Å². The number of hydrogen-bond donors (Lipinski definition) is 2. The smallest absolute Gasteiger partial charge is 0.306 e. The minimum atomic E-state index is -1.07. The molecule has 5 atom stereocenters. The number of amides is 2. The lowest BCUT2D eigenvalue weighted by Crippen LogP contribution is -2.63. The number of unbranched alkanes of at least 4 members (excludes halogenated alkanes) is 1. The standard InChI is InChI=1S/C46H65N5O5Si/c1-7-8-26-46(50(5)6,35(4)30-42(52)55-33-38-22-16-11-17-23-38)45(54)51(56-57)40(25-24-36-18-12-9-13-19-36)32-39(31-37-20-14-10-15-21-37)44(53)49-41(29-34(2)3)43-47-27-28-48-43/h9-23,27-28,34-35,39-41H,7-8,24-26,29-33H2,1-6,57H3,(H,47,48)(H,49,53)/t35?,39-,40+,41+,46?/m1/s1. The normalized spacial score (nSPS) is 14.7. The van der Waals surface area contributed by atoms with Gasteiger partial charge in [-0.2, -0.15) is 0 Å². The van der Waals surface area contributed by atoms with Crippen molar-refractivity contribution in [2.45, 2.75) is 110 Å². The number of hydroxylamine groups is 2. The first-order chi connectivity index (χ1) is 27.5. The van der Waals surface area contributed by atoms with Crippen LogP contribution in [0, 0.1) is 17.8 Å². The monoisotopic (exact) mass is 795 g/mol. The molecule has 308 valence electrons. The second kappa shape index (κ2) is 23.0. The Morgan fingerprint density at radius 1 is 0.877 bits per heavy atom. The zero-order chi connectivity index (χ0) is 41.2. The maximum absolute atomic E-state index is 15.5. The highest BCUT2D eigenvalue weighted by Crippen LogP contribution is 2.36. The van der Waals surface area contributed by atoms with Gasteiger partial charge in [0.25, 0.3) is 5.91 Å². The molecule has 4 rings (SSSR count). The van der Waals surface area contributed by atoms with Gasteiger partial charge in [-0.05, 0) is 81.1 Å². The molecule has 3 aromatic carbocycles. The van der Waals surface area contributed by atoms with Crippen molar-refractivity contribution in [1.29, 1.82) is 0 Å². The van der Waals surface area contributed by atoms with Gasteiger partial charge in [-0.25, -0.2) is 10.0 Å². The molecular formula is C46H65N5O5Si. The molecule has 0 spiro atoms. The summed E-state index contributed by atoms with van der Waals surface area (Å²) >= 11 is 0. The van der Waals surface area contributed by atoms with Gasteiger partial charge in [-0.1, -0.05) is 132 Å². The Hall–Kier alpha value is -4.58. The Morgan fingerprint density at radius 3 is 2.04 bits per heavy atom. The molecule has 0 aliphatic carbocycles. The van der Waals surface area contributed by atoms with Crippen molar-refractivity contribution in [3.63, 3.8) is 0 Å². The molecular weight excluding hydrogens is 731 g/mol. The van der Waals surface area contributed by atoms with E-state index in [-0.39, 0.29) is 47.3 Å². The lowest BCUT2D eigenvalue weighted by atomic mass is 9.76. The number of aromatic nitrogens is 2. The minimum absolute atomic E-state index is 0.0627. The van der Waals surface area contributed by atoms with Gasteiger partial charge in [0, 0.05) is 18.3 Å². The molecule has 4 aromatic rings. The van der Waals surface area contributed by atoms with Crippen molar-refractivity contribution in [1.82, 2.24) is 25.2 Å². The zero-order valence-electron chi connectivity index (χ0n) is 35.2. The Balaban J connectivity index is 1.71. The number of carbonyl (C=O) groups is 3. The van der Waals surface area contributed by atoms with Crippen LogP contribution in [0.25, 0.3) is 0 Å². The fourth-order valence-corrected chi connectivity index (χ4v) is 8.42. The summed E-state index contributed by atoms with van der Waals surface area (Å²) in [4.78, 5) is 53.2. The number of hydrogen-bond acceptors (Lipinski definition) is 7.